The molecule has 0 aromatic rings. The molecule has 94 valence electrons. The van der Waals surface area contributed by atoms with Crippen molar-refractivity contribution < 1.29 is 0 Å². The molecule has 1 aliphatic rings. The van der Waals surface area contributed by atoms with Crippen molar-refractivity contribution in [1.82, 2.24) is 9.91 Å². The highest BCUT2D eigenvalue weighted by Crippen LogP contribution is 2.36. The van der Waals surface area contributed by atoms with Crippen LogP contribution < -0.4 is 0 Å². The lowest BCUT2D eigenvalue weighted by atomic mass is 10.2. The number of alkyl halides is 3. The molecule has 0 amide bonds. The maximum Gasteiger partial charge on any atom is 0.270 e. The van der Waals surface area contributed by atoms with Gasteiger partial charge in [-0.05, 0) is 26.7 Å². The second-order valence-electron chi connectivity index (χ2n) is 4.20. The average molecular weight is 287 g/mol. The van der Waals surface area contributed by atoms with Gasteiger partial charge < -0.3 is 0 Å². The van der Waals surface area contributed by atoms with Crippen LogP contribution in [0.4, 0.5) is 0 Å². The highest BCUT2D eigenvalue weighted by Gasteiger charge is 2.40. The molecule has 0 N–H and O–H groups in total. The van der Waals surface area contributed by atoms with Gasteiger partial charge in [0.2, 0.25) is 0 Å². The van der Waals surface area contributed by atoms with Crippen LogP contribution in [0, 0.1) is 0 Å². The van der Waals surface area contributed by atoms with Crippen molar-refractivity contribution in [2.24, 2.45) is 5.10 Å². The van der Waals surface area contributed by atoms with Crippen LogP contribution in [-0.4, -0.2) is 32.4 Å². The first-order valence-corrected chi connectivity index (χ1v) is 6.69. The molecule has 3 nitrogen and oxygen atoms in total. The Morgan fingerprint density at radius 2 is 2.00 bits per heavy atom. The van der Waals surface area contributed by atoms with Crippen molar-refractivity contribution in [3.8, 4) is 0 Å². The topological polar surface area (TPSA) is 18.8 Å². The van der Waals surface area contributed by atoms with Crippen LogP contribution in [0.2, 0.25) is 0 Å². The molecule has 0 aromatic heterocycles. The van der Waals surface area contributed by atoms with E-state index in [0.717, 1.165) is 19.3 Å². The Morgan fingerprint density at radius 1 is 1.38 bits per heavy atom. The molecule has 0 aliphatic carbocycles. The molecule has 1 atom stereocenters. The summed E-state index contributed by atoms with van der Waals surface area (Å²) < 4.78 is -1.43. The van der Waals surface area contributed by atoms with Gasteiger partial charge in [0.05, 0.1) is 0 Å². The number of rotatable bonds is 4. The molecule has 0 aromatic carbocycles. The van der Waals surface area contributed by atoms with Gasteiger partial charge in [0.25, 0.3) is 3.92 Å². The molecular formula is C10H18Cl3N3. The summed E-state index contributed by atoms with van der Waals surface area (Å²) in [6, 6.07) is 0.301. The number of hydrogen-bond donors (Lipinski definition) is 0. The molecule has 0 spiro atoms. The molecule has 0 radical (unpaired) electrons. The van der Waals surface area contributed by atoms with Gasteiger partial charge in [-0.1, -0.05) is 48.1 Å². The largest absolute Gasteiger partial charge is 0.295 e. The molecule has 16 heavy (non-hydrogen) atoms. The number of hydrazone groups is 1. The summed E-state index contributed by atoms with van der Waals surface area (Å²) in [5.74, 6) is 0. The third-order valence-electron chi connectivity index (χ3n) is 2.57. The minimum Gasteiger partial charge on any atom is -0.295 e. The van der Waals surface area contributed by atoms with E-state index in [-0.39, 0.29) is 6.17 Å². The minimum atomic E-state index is -1.43. The molecule has 0 fully saturated rings. The lowest BCUT2D eigenvalue weighted by molar-refractivity contribution is 0.0890. The van der Waals surface area contributed by atoms with Crippen LogP contribution in [-0.2, 0) is 0 Å². The Labute approximate surface area is 112 Å². The normalized spacial score (nSPS) is 21.3. The van der Waals surface area contributed by atoms with E-state index < -0.39 is 3.92 Å². The number of halogens is 3. The summed E-state index contributed by atoms with van der Waals surface area (Å²) in [6.07, 6.45) is 4.83. The van der Waals surface area contributed by atoms with Gasteiger partial charge in [-0.15, -0.1) is 0 Å². The number of hydrogen-bond acceptors (Lipinski definition) is 3. The SMILES string of the molecule is CCCCC1N(C(C)C)N=CN1C(Cl)(Cl)Cl. The van der Waals surface area contributed by atoms with E-state index in [1.165, 1.54) is 0 Å². The van der Waals surface area contributed by atoms with E-state index in [1.807, 2.05) is 5.01 Å². The first-order valence-electron chi connectivity index (χ1n) is 5.55. The Bertz CT molecular complexity index is 250. The highest BCUT2D eigenvalue weighted by atomic mass is 35.6. The van der Waals surface area contributed by atoms with E-state index in [9.17, 15) is 0 Å². The third kappa shape index (κ3) is 3.31. The van der Waals surface area contributed by atoms with Gasteiger partial charge in [0.15, 0.2) is 0 Å². The highest BCUT2D eigenvalue weighted by molar-refractivity contribution is 6.67. The van der Waals surface area contributed by atoms with Crippen LogP contribution in [0.15, 0.2) is 5.10 Å². The summed E-state index contributed by atoms with van der Waals surface area (Å²) in [7, 11) is 0. The van der Waals surface area contributed by atoms with Crippen molar-refractivity contribution in [2.75, 3.05) is 0 Å². The predicted molar refractivity (Wildman–Crippen MR) is 70.9 cm³/mol. The fourth-order valence-electron chi connectivity index (χ4n) is 1.77. The standard InChI is InChI=1S/C10H18Cl3N3/c1-4-5-6-9-15(10(11,12)13)7-14-16(9)8(2)3/h7-9H,4-6H2,1-3H3. The van der Waals surface area contributed by atoms with Crippen LogP contribution in [0.1, 0.15) is 40.0 Å². The van der Waals surface area contributed by atoms with Gasteiger partial charge in [0.1, 0.15) is 12.5 Å². The van der Waals surface area contributed by atoms with Crippen LogP contribution in [0.3, 0.4) is 0 Å². The lowest BCUT2D eigenvalue weighted by Gasteiger charge is -2.36. The van der Waals surface area contributed by atoms with E-state index in [0.29, 0.717) is 6.04 Å². The Hall–Kier alpha value is 0.140. The molecule has 1 unspecified atom stereocenters. The van der Waals surface area contributed by atoms with Crippen molar-refractivity contribution in [1.29, 1.82) is 0 Å². The molecule has 0 saturated heterocycles. The monoisotopic (exact) mass is 285 g/mol. The summed E-state index contributed by atoms with van der Waals surface area (Å²) in [5.41, 5.74) is 0. The van der Waals surface area contributed by atoms with Gasteiger partial charge in [-0.25, -0.2) is 0 Å². The smallest absolute Gasteiger partial charge is 0.270 e. The van der Waals surface area contributed by atoms with Gasteiger partial charge in [-0.2, -0.15) is 5.10 Å². The Kier molecular flexibility index (Phi) is 5.02. The van der Waals surface area contributed by atoms with Crippen molar-refractivity contribution in [3.05, 3.63) is 0 Å². The zero-order valence-corrected chi connectivity index (χ0v) is 12.1. The van der Waals surface area contributed by atoms with Crippen molar-refractivity contribution in [3.63, 3.8) is 0 Å². The summed E-state index contributed by atoms with van der Waals surface area (Å²) in [4.78, 5) is 1.69. The molecule has 0 saturated carbocycles. The summed E-state index contributed by atoms with van der Waals surface area (Å²) in [5, 5.41) is 6.28. The summed E-state index contributed by atoms with van der Waals surface area (Å²) in [6.45, 7) is 6.31. The van der Waals surface area contributed by atoms with Gasteiger partial charge >= 0.3 is 0 Å². The maximum absolute atomic E-state index is 5.92. The quantitative estimate of drug-likeness (QED) is 0.578. The first-order chi connectivity index (χ1) is 7.38. The van der Waals surface area contributed by atoms with Crippen LogP contribution >= 0.6 is 34.8 Å². The Morgan fingerprint density at radius 3 is 2.44 bits per heavy atom. The first kappa shape index (κ1) is 14.2. The zero-order valence-electron chi connectivity index (χ0n) is 9.83. The molecule has 1 rings (SSSR count). The van der Waals surface area contributed by atoms with E-state index in [1.54, 1.807) is 11.2 Å². The molecule has 0 bridgehead atoms. The second-order valence-corrected chi connectivity index (χ2v) is 6.42. The van der Waals surface area contributed by atoms with Crippen LogP contribution in [0.25, 0.3) is 0 Å². The predicted octanol–water partition coefficient (Wildman–Crippen LogP) is 3.80. The zero-order chi connectivity index (χ0) is 12.3. The fourth-order valence-corrected chi connectivity index (χ4v) is 2.24. The molecule has 6 heteroatoms. The average Bonchev–Trinajstić information content (AvgIpc) is 2.57. The van der Waals surface area contributed by atoms with Crippen LogP contribution in [0.5, 0.6) is 0 Å². The van der Waals surface area contributed by atoms with Crippen molar-refractivity contribution >= 4 is 41.1 Å². The van der Waals surface area contributed by atoms with E-state index in [4.69, 9.17) is 34.8 Å². The van der Waals surface area contributed by atoms with E-state index >= 15 is 0 Å². The maximum atomic E-state index is 5.92. The van der Waals surface area contributed by atoms with E-state index in [2.05, 4.69) is 25.9 Å². The van der Waals surface area contributed by atoms with Gasteiger partial charge in [0, 0.05) is 6.04 Å². The number of unbranched alkanes of at least 4 members (excludes halogenated alkanes) is 1. The molecular weight excluding hydrogens is 268 g/mol. The van der Waals surface area contributed by atoms with Crippen molar-refractivity contribution in [2.45, 2.75) is 56.2 Å². The minimum absolute atomic E-state index is 0.0486. The Balaban J connectivity index is 2.75. The summed E-state index contributed by atoms with van der Waals surface area (Å²) >= 11 is 17.8. The van der Waals surface area contributed by atoms with Gasteiger partial charge in [-0.3, -0.25) is 9.91 Å². The fraction of sp³-hybridized carbons (Fsp3) is 0.900. The second kappa shape index (κ2) is 5.65. The molecule has 1 heterocycles. The number of nitrogens with zero attached hydrogens (tertiary/aromatic N) is 3. The lowest BCUT2D eigenvalue weighted by Crippen LogP contribution is -2.47. The molecule has 1 aliphatic heterocycles. The third-order valence-corrected chi connectivity index (χ3v) is 3.16.